The van der Waals surface area contributed by atoms with E-state index in [0.29, 0.717) is 17.3 Å². The van der Waals surface area contributed by atoms with Crippen molar-refractivity contribution in [3.05, 3.63) is 12.2 Å². The highest BCUT2D eigenvalue weighted by Gasteiger charge is 2.55. The molecule has 4 nitrogen and oxygen atoms in total. The zero-order valence-electron chi connectivity index (χ0n) is 8.53. The van der Waals surface area contributed by atoms with E-state index in [1.54, 1.807) is 0 Å². The Morgan fingerprint density at radius 3 is 3.07 bits per heavy atom. The molecule has 0 N–H and O–H groups in total. The van der Waals surface area contributed by atoms with Gasteiger partial charge in [-0.1, -0.05) is 0 Å². The molecule has 2 aliphatic rings. The Hall–Kier alpha value is -0.610. The number of aromatic nitrogens is 3. The normalized spacial score (nSPS) is 28.2. The van der Waals surface area contributed by atoms with E-state index in [0.717, 1.165) is 31.9 Å². The average Bonchev–Trinajstić information content (AvgIpc) is 2.79. The lowest BCUT2D eigenvalue weighted by Gasteiger charge is -2.23. The number of rotatable bonds is 2. The second kappa shape index (κ2) is 3.46. The van der Waals surface area contributed by atoms with Gasteiger partial charge in [-0.05, 0) is 24.7 Å². The minimum Gasteiger partial charge on any atom is -0.381 e. The van der Waals surface area contributed by atoms with Gasteiger partial charge in [0.05, 0.1) is 5.88 Å². The van der Waals surface area contributed by atoms with Gasteiger partial charge in [-0.25, -0.2) is 0 Å². The van der Waals surface area contributed by atoms with Gasteiger partial charge in [-0.2, -0.15) is 0 Å². The molecule has 2 heterocycles. The molecule has 0 radical (unpaired) electrons. The third-order valence-electron chi connectivity index (χ3n) is 3.74. The fourth-order valence-electron chi connectivity index (χ4n) is 2.66. The molecule has 1 aliphatic carbocycles. The molecular formula is C10H14ClN3O. The number of halogens is 1. The lowest BCUT2D eigenvalue weighted by molar-refractivity contribution is 0.0525. The van der Waals surface area contributed by atoms with Crippen molar-refractivity contribution >= 4 is 11.6 Å². The van der Waals surface area contributed by atoms with Crippen LogP contribution in [0.15, 0.2) is 6.33 Å². The van der Waals surface area contributed by atoms with Gasteiger partial charge in [-0.15, -0.1) is 21.8 Å². The van der Waals surface area contributed by atoms with Crippen LogP contribution in [0, 0.1) is 5.41 Å². The molecule has 5 heteroatoms. The Balaban J connectivity index is 1.80. The maximum absolute atomic E-state index is 5.82. The SMILES string of the molecule is ClCc1nncn1C1CC12CCOCC2. The molecule has 1 saturated carbocycles. The summed E-state index contributed by atoms with van der Waals surface area (Å²) >= 11 is 5.82. The van der Waals surface area contributed by atoms with Crippen molar-refractivity contribution in [3.8, 4) is 0 Å². The molecule has 1 saturated heterocycles. The molecule has 0 aromatic carbocycles. The number of alkyl halides is 1. The van der Waals surface area contributed by atoms with Gasteiger partial charge < -0.3 is 9.30 Å². The first-order chi connectivity index (χ1) is 7.36. The second-order valence-electron chi connectivity index (χ2n) is 4.48. The summed E-state index contributed by atoms with van der Waals surface area (Å²) in [7, 11) is 0. The lowest BCUT2D eigenvalue weighted by atomic mass is 9.96. The Kier molecular flexibility index (Phi) is 2.21. The van der Waals surface area contributed by atoms with Gasteiger partial charge in [0, 0.05) is 19.3 Å². The standard InChI is InChI=1S/C10H14ClN3O/c11-6-9-13-12-7-14(9)8-5-10(8)1-3-15-4-2-10/h7-8H,1-6H2. The highest BCUT2D eigenvalue weighted by Crippen LogP contribution is 2.62. The fourth-order valence-corrected chi connectivity index (χ4v) is 2.85. The second-order valence-corrected chi connectivity index (χ2v) is 4.75. The number of hydrogen-bond acceptors (Lipinski definition) is 3. The summed E-state index contributed by atoms with van der Waals surface area (Å²) in [5.74, 6) is 1.34. The van der Waals surface area contributed by atoms with Crippen molar-refractivity contribution in [1.29, 1.82) is 0 Å². The maximum Gasteiger partial charge on any atom is 0.148 e. The van der Waals surface area contributed by atoms with Crippen LogP contribution < -0.4 is 0 Å². The van der Waals surface area contributed by atoms with Crippen LogP contribution in [-0.4, -0.2) is 28.0 Å². The van der Waals surface area contributed by atoms with Crippen LogP contribution in [0.1, 0.15) is 31.1 Å². The molecule has 0 amide bonds. The predicted octanol–water partition coefficient (Wildman–Crippen LogP) is 1.76. The van der Waals surface area contributed by atoms with Crippen LogP contribution in [0.25, 0.3) is 0 Å². The Labute approximate surface area is 93.6 Å². The van der Waals surface area contributed by atoms with E-state index in [2.05, 4.69) is 14.8 Å². The molecule has 1 unspecified atom stereocenters. The van der Waals surface area contributed by atoms with Crippen molar-refractivity contribution in [1.82, 2.24) is 14.8 Å². The molecule has 15 heavy (non-hydrogen) atoms. The van der Waals surface area contributed by atoms with E-state index < -0.39 is 0 Å². The minimum absolute atomic E-state index is 0.448. The summed E-state index contributed by atoms with van der Waals surface area (Å²) in [6, 6.07) is 0.560. The summed E-state index contributed by atoms with van der Waals surface area (Å²) in [5.41, 5.74) is 0.460. The van der Waals surface area contributed by atoms with E-state index >= 15 is 0 Å². The van der Waals surface area contributed by atoms with E-state index in [9.17, 15) is 0 Å². The van der Waals surface area contributed by atoms with Crippen LogP contribution >= 0.6 is 11.6 Å². The largest absolute Gasteiger partial charge is 0.381 e. The van der Waals surface area contributed by atoms with Crippen LogP contribution in [-0.2, 0) is 10.6 Å². The monoisotopic (exact) mass is 227 g/mol. The number of hydrogen-bond donors (Lipinski definition) is 0. The van der Waals surface area contributed by atoms with Crippen LogP contribution in [0.5, 0.6) is 0 Å². The van der Waals surface area contributed by atoms with E-state index in [-0.39, 0.29) is 0 Å². The van der Waals surface area contributed by atoms with Gasteiger partial charge in [-0.3, -0.25) is 0 Å². The van der Waals surface area contributed by atoms with E-state index in [1.165, 1.54) is 6.42 Å². The predicted molar refractivity (Wildman–Crippen MR) is 55.7 cm³/mol. The highest BCUT2D eigenvalue weighted by atomic mass is 35.5. The van der Waals surface area contributed by atoms with Crippen molar-refractivity contribution < 1.29 is 4.74 Å². The maximum atomic E-state index is 5.82. The van der Waals surface area contributed by atoms with E-state index in [1.807, 2.05) is 6.33 Å². The summed E-state index contributed by atoms with van der Waals surface area (Å²) in [6.45, 7) is 1.80. The number of ether oxygens (including phenoxy) is 1. The number of nitrogens with zero attached hydrogens (tertiary/aromatic N) is 3. The Morgan fingerprint density at radius 1 is 1.53 bits per heavy atom. The van der Waals surface area contributed by atoms with Gasteiger partial charge in [0.15, 0.2) is 0 Å². The van der Waals surface area contributed by atoms with Crippen molar-refractivity contribution in [3.63, 3.8) is 0 Å². The van der Waals surface area contributed by atoms with Crippen LogP contribution in [0.2, 0.25) is 0 Å². The minimum atomic E-state index is 0.448. The van der Waals surface area contributed by atoms with Gasteiger partial charge in [0.1, 0.15) is 12.2 Å². The van der Waals surface area contributed by atoms with Crippen molar-refractivity contribution in [2.45, 2.75) is 31.2 Å². The zero-order chi connectivity index (χ0) is 10.3. The molecule has 82 valence electrons. The van der Waals surface area contributed by atoms with Gasteiger partial charge in [0.2, 0.25) is 0 Å². The van der Waals surface area contributed by atoms with Crippen LogP contribution in [0.3, 0.4) is 0 Å². The Morgan fingerprint density at radius 2 is 2.33 bits per heavy atom. The quantitative estimate of drug-likeness (QED) is 0.723. The summed E-state index contributed by atoms with van der Waals surface area (Å²) in [4.78, 5) is 0. The molecule has 1 atom stereocenters. The first-order valence-corrected chi connectivity index (χ1v) is 5.91. The van der Waals surface area contributed by atoms with Crippen molar-refractivity contribution in [2.75, 3.05) is 13.2 Å². The first-order valence-electron chi connectivity index (χ1n) is 5.38. The summed E-state index contributed by atoms with van der Waals surface area (Å²) < 4.78 is 7.55. The molecule has 1 aliphatic heterocycles. The van der Waals surface area contributed by atoms with Crippen molar-refractivity contribution in [2.24, 2.45) is 5.41 Å². The first kappa shape index (κ1) is 9.60. The van der Waals surface area contributed by atoms with Gasteiger partial charge >= 0.3 is 0 Å². The van der Waals surface area contributed by atoms with Gasteiger partial charge in [0.25, 0.3) is 0 Å². The topological polar surface area (TPSA) is 39.9 Å². The molecule has 1 aromatic rings. The summed E-state index contributed by atoms with van der Waals surface area (Å²) in [6.07, 6.45) is 5.38. The highest BCUT2D eigenvalue weighted by molar-refractivity contribution is 6.16. The fraction of sp³-hybridized carbons (Fsp3) is 0.800. The smallest absolute Gasteiger partial charge is 0.148 e. The molecule has 1 spiro atoms. The zero-order valence-corrected chi connectivity index (χ0v) is 9.28. The molecular weight excluding hydrogens is 214 g/mol. The average molecular weight is 228 g/mol. The molecule has 1 aromatic heterocycles. The molecule has 0 bridgehead atoms. The third kappa shape index (κ3) is 1.47. The summed E-state index contributed by atoms with van der Waals surface area (Å²) in [5, 5.41) is 7.95. The third-order valence-corrected chi connectivity index (χ3v) is 3.98. The van der Waals surface area contributed by atoms with E-state index in [4.69, 9.17) is 16.3 Å². The Bertz CT molecular complexity index is 359. The molecule has 2 fully saturated rings. The molecule has 3 rings (SSSR count). The lowest BCUT2D eigenvalue weighted by Crippen LogP contribution is -2.20. The van der Waals surface area contributed by atoms with Crippen LogP contribution in [0.4, 0.5) is 0 Å².